The zero-order chi connectivity index (χ0) is 18.5. The molecular formula is C19H17N3O4. The Morgan fingerprint density at radius 2 is 1.85 bits per heavy atom. The van der Waals surface area contributed by atoms with Crippen molar-refractivity contribution >= 4 is 33.7 Å². The molecule has 0 spiro atoms. The molecule has 0 bridgehead atoms. The van der Waals surface area contributed by atoms with Crippen LogP contribution in [0, 0.1) is 10.1 Å². The number of benzene rings is 3. The minimum Gasteiger partial charge on any atom is -0.496 e. The van der Waals surface area contributed by atoms with Gasteiger partial charge in [-0.05, 0) is 35.0 Å². The number of hydrogen-bond acceptors (Lipinski definition) is 5. The van der Waals surface area contributed by atoms with Crippen LogP contribution in [0.5, 0.6) is 5.75 Å². The van der Waals surface area contributed by atoms with E-state index in [1.165, 1.54) is 19.2 Å². The summed E-state index contributed by atoms with van der Waals surface area (Å²) in [5, 5.41) is 18.9. The SMILES string of the molecule is COc1ccc(NC(=O)CNc2ccc3ccccc3c2)c([N+](=O)[O-])c1. The maximum absolute atomic E-state index is 12.2. The first-order valence-electron chi connectivity index (χ1n) is 7.92. The van der Waals surface area contributed by atoms with Crippen molar-refractivity contribution in [3.63, 3.8) is 0 Å². The Bertz CT molecular complexity index is 972. The largest absolute Gasteiger partial charge is 0.496 e. The molecule has 0 aliphatic rings. The lowest BCUT2D eigenvalue weighted by molar-refractivity contribution is -0.384. The highest BCUT2D eigenvalue weighted by molar-refractivity contribution is 5.96. The van der Waals surface area contributed by atoms with Crippen molar-refractivity contribution in [3.05, 3.63) is 70.8 Å². The fourth-order valence-electron chi connectivity index (χ4n) is 2.57. The number of amides is 1. The minimum absolute atomic E-state index is 0.0124. The lowest BCUT2D eigenvalue weighted by atomic mass is 10.1. The number of carbonyl (C=O) groups excluding carboxylic acids is 1. The maximum Gasteiger partial charge on any atom is 0.296 e. The molecule has 7 nitrogen and oxygen atoms in total. The van der Waals surface area contributed by atoms with Crippen LogP contribution in [0.2, 0.25) is 0 Å². The van der Waals surface area contributed by atoms with Crippen LogP contribution >= 0.6 is 0 Å². The van der Waals surface area contributed by atoms with Crippen LogP contribution in [-0.4, -0.2) is 24.5 Å². The number of nitrogens with zero attached hydrogens (tertiary/aromatic N) is 1. The van der Waals surface area contributed by atoms with E-state index in [0.29, 0.717) is 5.75 Å². The van der Waals surface area contributed by atoms with E-state index >= 15 is 0 Å². The number of rotatable bonds is 6. The van der Waals surface area contributed by atoms with Crippen LogP contribution in [-0.2, 0) is 4.79 Å². The molecular weight excluding hydrogens is 334 g/mol. The van der Waals surface area contributed by atoms with Crippen molar-refractivity contribution in [3.8, 4) is 5.75 Å². The zero-order valence-corrected chi connectivity index (χ0v) is 14.1. The number of hydrogen-bond donors (Lipinski definition) is 2. The summed E-state index contributed by atoms with van der Waals surface area (Å²) in [6, 6.07) is 18.0. The fourth-order valence-corrected chi connectivity index (χ4v) is 2.57. The summed E-state index contributed by atoms with van der Waals surface area (Å²) in [7, 11) is 1.42. The van der Waals surface area contributed by atoms with Gasteiger partial charge in [-0.25, -0.2) is 0 Å². The van der Waals surface area contributed by atoms with E-state index in [2.05, 4.69) is 10.6 Å². The second-order valence-electron chi connectivity index (χ2n) is 5.60. The van der Waals surface area contributed by atoms with Crippen LogP contribution in [0.25, 0.3) is 10.8 Å². The van der Waals surface area contributed by atoms with Crippen molar-refractivity contribution in [2.24, 2.45) is 0 Å². The Balaban J connectivity index is 1.67. The Morgan fingerprint density at radius 1 is 1.08 bits per heavy atom. The van der Waals surface area contributed by atoms with Gasteiger partial charge in [-0.1, -0.05) is 30.3 Å². The predicted octanol–water partition coefficient (Wildman–Crippen LogP) is 3.81. The van der Waals surface area contributed by atoms with Crippen molar-refractivity contribution in [2.45, 2.75) is 0 Å². The summed E-state index contributed by atoms with van der Waals surface area (Å²) in [6.07, 6.45) is 0. The first-order valence-corrected chi connectivity index (χ1v) is 7.92. The fraction of sp³-hybridized carbons (Fsp3) is 0.105. The number of carbonyl (C=O) groups is 1. The van der Waals surface area contributed by atoms with Gasteiger partial charge in [0.15, 0.2) is 0 Å². The van der Waals surface area contributed by atoms with Crippen molar-refractivity contribution in [2.75, 3.05) is 24.3 Å². The molecule has 0 fully saturated rings. The summed E-state index contributed by atoms with van der Waals surface area (Å²) in [5.41, 5.74) is 0.701. The molecule has 2 N–H and O–H groups in total. The molecule has 3 aromatic rings. The molecule has 0 aromatic heterocycles. The van der Waals surface area contributed by atoms with Crippen molar-refractivity contribution < 1.29 is 14.5 Å². The van der Waals surface area contributed by atoms with Gasteiger partial charge in [0.05, 0.1) is 24.6 Å². The Morgan fingerprint density at radius 3 is 2.58 bits per heavy atom. The lowest BCUT2D eigenvalue weighted by Gasteiger charge is -2.10. The number of nitrogens with one attached hydrogen (secondary N) is 2. The summed E-state index contributed by atoms with van der Waals surface area (Å²) < 4.78 is 4.98. The second-order valence-corrected chi connectivity index (χ2v) is 5.60. The molecule has 0 saturated heterocycles. The number of nitro benzene ring substituents is 1. The molecule has 7 heteroatoms. The third-order valence-corrected chi connectivity index (χ3v) is 3.88. The van der Waals surface area contributed by atoms with Crippen LogP contribution in [0.4, 0.5) is 17.1 Å². The first kappa shape index (κ1) is 17.2. The molecule has 1 amide bonds. The standard InChI is InChI=1S/C19H17N3O4/c1-26-16-8-9-17(18(11-16)22(24)25)21-19(23)12-20-15-7-6-13-4-2-3-5-14(13)10-15/h2-11,20H,12H2,1H3,(H,21,23). The third kappa shape index (κ3) is 3.89. The molecule has 0 radical (unpaired) electrons. The lowest BCUT2D eigenvalue weighted by Crippen LogP contribution is -2.22. The average Bonchev–Trinajstić information content (AvgIpc) is 2.66. The van der Waals surface area contributed by atoms with Crippen LogP contribution in [0.15, 0.2) is 60.7 Å². The minimum atomic E-state index is -0.561. The molecule has 0 heterocycles. The number of fused-ring (bicyclic) bond motifs is 1. The summed E-state index contributed by atoms with van der Waals surface area (Å²) >= 11 is 0. The van der Waals surface area contributed by atoms with E-state index in [-0.39, 0.29) is 23.8 Å². The quantitative estimate of drug-likeness (QED) is 0.520. The maximum atomic E-state index is 12.2. The first-order chi connectivity index (χ1) is 12.6. The van der Waals surface area contributed by atoms with Crippen LogP contribution in [0.1, 0.15) is 0 Å². The average molecular weight is 351 g/mol. The molecule has 0 atom stereocenters. The van der Waals surface area contributed by atoms with Gasteiger partial charge in [0.2, 0.25) is 5.91 Å². The van der Waals surface area contributed by atoms with E-state index in [1.54, 1.807) is 6.07 Å². The van der Waals surface area contributed by atoms with Crippen molar-refractivity contribution in [1.82, 2.24) is 0 Å². The molecule has 3 aromatic carbocycles. The van der Waals surface area contributed by atoms with Gasteiger partial charge in [0.1, 0.15) is 11.4 Å². The van der Waals surface area contributed by atoms with E-state index < -0.39 is 4.92 Å². The second kappa shape index (κ2) is 7.52. The Hall–Kier alpha value is -3.61. The van der Waals surface area contributed by atoms with Gasteiger partial charge < -0.3 is 15.4 Å². The highest BCUT2D eigenvalue weighted by atomic mass is 16.6. The topological polar surface area (TPSA) is 93.5 Å². The summed E-state index contributed by atoms with van der Waals surface area (Å²) in [5.74, 6) is -0.0320. The van der Waals surface area contributed by atoms with E-state index in [4.69, 9.17) is 4.74 Å². The highest BCUT2D eigenvalue weighted by Crippen LogP contribution is 2.28. The summed E-state index contributed by atoms with van der Waals surface area (Å²) in [4.78, 5) is 22.7. The number of ether oxygens (including phenoxy) is 1. The zero-order valence-electron chi connectivity index (χ0n) is 14.1. The molecule has 0 unspecified atom stereocenters. The van der Waals surface area contributed by atoms with Gasteiger partial charge in [-0.2, -0.15) is 0 Å². The molecule has 3 rings (SSSR count). The third-order valence-electron chi connectivity index (χ3n) is 3.88. The Labute approximate surface area is 149 Å². The summed E-state index contributed by atoms with van der Waals surface area (Å²) in [6.45, 7) is -0.0124. The Kier molecular flexibility index (Phi) is 4.98. The molecule has 0 aliphatic heterocycles. The van der Waals surface area contributed by atoms with Gasteiger partial charge >= 0.3 is 0 Å². The van der Waals surface area contributed by atoms with Crippen LogP contribution in [0.3, 0.4) is 0 Å². The number of nitro groups is 1. The highest BCUT2D eigenvalue weighted by Gasteiger charge is 2.17. The molecule has 26 heavy (non-hydrogen) atoms. The molecule has 0 aliphatic carbocycles. The van der Waals surface area contributed by atoms with E-state index in [0.717, 1.165) is 16.5 Å². The smallest absolute Gasteiger partial charge is 0.296 e. The normalized spacial score (nSPS) is 10.3. The predicted molar refractivity (Wildman–Crippen MR) is 101 cm³/mol. The van der Waals surface area contributed by atoms with Crippen LogP contribution < -0.4 is 15.4 Å². The van der Waals surface area contributed by atoms with Gasteiger partial charge in [0, 0.05) is 5.69 Å². The van der Waals surface area contributed by atoms with E-state index in [9.17, 15) is 14.9 Å². The van der Waals surface area contributed by atoms with Gasteiger partial charge in [-0.3, -0.25) is 14.9 Å². The van der Waals surface area contributed by atoms with Gasteiger partial charge in [-0.15, -0.1) is 0 Å². The number of methoxy groups -OCH3 is 1. The van der Waals surface area contributed by atoms with Gasteiger partial charge in [0.25, 0.3) is 5.69 Å². The molecule has 0 saturated carbocycles. The van der Waals surface area contributed by atoms with E-state index in [1.807, 2.05) is 42.5 Å². The van der Waals surface area contributed by atoms with Crippen molar-refractivity contribution in [1.29, 1.82) is 0 Å². The number of anilines is 2. The monoisotopic (exact) mass is 351 g/mol. The molecule has 132 valence electrons.